The first-order chi connectivity index (χ1) is 14.5. The van der Waals surface area contributed by atoms with E-state index in [4.69, 9.17) is 0 Å². The summed E-state index contributed by atoms with van der Waals surface area (Å²) in [6.07, 6.45) is -4.54. The number of hydrogen-bond acceptors (Lipinski definition) is 5. The quantitative estimate of drug-likeness (QED) is 0.454. The number of benzene rings is 2. The van der Waals surface area contributed by atoms with E-state index < -0.39 is 28.0 Å². The van der Waals surface area contributed by atoms with Crippen molar-refractivity contribution in [3.8, 4) is 0 Å². The van der Waals surface area contributed by atoms with Gasteiger partial charge >= 0.3 is 16.6 Å². The van der Waals surface area contributed by atoms with E-state index in [9.17, 15) is 26.7 Å². The Bertz CT molecular complexity index is 1030. The van der Waals surface area contributed by atoms with Gasteiger partial charge in [0.05, 0.1) is 5.56 Å². The van der Waals surface area contributed by atoms with E-state index in [1.807, 2.05) is 18.3 Å². The van der Waals surface area contributed by atoms with E-state index in [-0.39, 0.29) is 23.2 Å². The number of aliphatic imine (C=N–C) groups is 1. The molecule has 2 unspecified atom stereocenters. The Morgan fingerprint density at radius 2 is 1.81 bits per heavy atom. The maximum atomic E-state index is 12.6. The topological polar surface area (TPSA) is 94.0 Å². The molecule has 2 aromatic rings. The minimum Gasteiger partial charge on any atom is -0.348 e. The Hall–Kier alpha value is -2.41. The SMILES string of the molecule is CC1N=C(N[S+](=O)(O)c2ccc(C(=O)NCc3ccc(C(F)(F)F)cc3)cc2)SN1C. The van der Waals surface area contributed by atoms with E-state index in [1.54, 1.807) is 0 Å². The van der Waals surface area contributed by atoms with Crippen molar-refractivity contribution in [3.63, 3.8) is 0 Å². The van der Waals surface area contributed by atoms with Crippen LogP contribution in [0.4, 0.5) is 13.2 Å². The molecule has 31 heavy (non-hydrogen) atoms. The number of alkyl halides is 3. The van der Waals surface area contributed by atoms with Crippen LogP contribution in [0.1, 0.15) is 28.4 Å². The number of rotatable bonds is 5. The zero-order chi connectivity index (χ0) is 22.8. The fraction of sp³-hybridized carbons (Fsp3) is 0.263. The van der Waals surface area contributed by atoms with Crippen LogP contribution in [-0.2, 0) is 27.3 Å². The third-order valence-corrected chi connectivity index (χ3v) is 6.94. The molecule has 1 heterocycles. The predicted molar refractivity (Wildman–Crippen MR) is 113 cm³/mol. The molecule has 0 bridgehead atoms. The lowest BCUT2D eigenvalue weighted by Gasteiger charge is -2.10. The van der Waals surface area contributed by atoms with Gasteiger partial charge in [0.25, 0.3) is 5.91 Å². The first-order valence-electron chi connectivity index (χ1n) is 9.03. The van der Waals surface area contributed by atoms with Gasteiger partial charge in [-0.3, -0.25) is 4.79 Å². The molecule has 3 rings (SSSR count). The van der Waals surface area contributed by atoms with Gasteiger partial charge < -0.3 is 5.32 Å². The molecular formula is C19H20F3N4O3S2+. The van der Waals surface area contributed by atoms with Crippen LogP contribution in [-0.4, -0.2) is 33.1 Å². The second-order valence-electron chi connectivity index (χ2n) is 6.73. The molecule has 7 nitrogen and oxygen atoms in total. The number of halogens is 3. The molecule has 1 aliphatic heterocycles. The molecule has 0 aliphatic carbocycles. The summed E-state index contributed by atoms with van der Waals surface area (Å²) in [6, 6.07) is 9.99. The molecule has 0 spiro atoms. The van der Waals surface area contributed by atoms with Crippen molar-refractivity contribution in [3.05, 3.63) is 65.2 Å². The Balaban J connectivity index is 1.59. The second kappa shape index (κ2) is 8.99. The molecule has 0 aromatic heterocycles. The van der Waals surface area contributed by atoms with Crippen LogP contribution < -0.4 is 10.0 Å². The first kappa shape index (κ1) is 23.3. The van der Waals surface area contributed by atoms with Gasteiger partial charge in [0.2, 0.25) is 10.1 Å². The van der Waals surface area contributed by atoms with Crippen LogP contribution in [0.15, 0.2) is 58.4 Å². The number of carbonyl (C=O) groups excluding carboxylic acids is 1. The number of nitrogens with one attached hydrogen (secondary N) is 2. The molecule has 2 aromatic carbocycles. The summed E-state index contributed by atoms with van der Waals surface area (Å²) in [4.78, 5) is 16.6. The highest BCUT2D eigenvalue weighted by Gasteiger charge is 2.34. The number of hydrogen-bond donors (Lipinski definition) is 3. The summed E-state index contributed by atoms with van der Waals surface area (Å²) in [7, 11) is -1.80. The Labute approximate surface area is 182 Å². The molecule has 0 saturated heterocycles. The third-order valence-electron chi connectivity index (χ3n) is 4.46. The Morgan fingerprint density at radius 3 is 2.32 bits per heavy atom. The zero-order valence-electron chi connectivity index (χ0n) is 16.5. The molecule has 1 amide bonds. The third kappa shape index (κ3) is 5.85. The van der Waals surface area contributed by atoms with Crippen molar-refractivity contribution in [2.24, 2.45) is 4.99 Å². The summed E-state index contributed by atoms with van der Waals surface area (Å²) in [5, 5.41) is 2.92. The maximum Gasteiger partial charge on any atom is 0.416 e. The van der Waals surface area contributed by atoms with E-state index in [1.165, 1.54) is 48.3 Å². The van der Waals surface area contributed by atoms with Gasteiger partial charge in [-0.15, -0.1) is 4.72 Å². The monoisotopic (exact) mass is 473 g/mol. The molecule has 166 valence electrons. The average molecular weight is 474 g/mol. The second-order valence-corrected chi connectivity index (χ2v) is 9.61. The highest BCUT2D eigenvalue weighted by Crippen LogP contribution is 2.29. The maximum absolute atomic E-state index is 12.6. The van der Waals surface area contributed by atoms with Gasteiger partial charge in [-0.2, -0.15) is 17.7 Å². The summed E-state index contributed by atoms with van der Waals surface area (Å²) in [5.74, 6) is -0.463. The normalized spacial score (nSPS) is 18.9. The van der Waals surface area contributed by atoms with Crippen molar-refractivity contribution >= 4 is 33.4 Å². The van der Waals surface area contributed by atoms with Crippen molar-refractivity contribution in [2.45, 2.75) is 30.7 Å². The summed E-state index contributed by atoms with van der Waals surface area (Å²) in [6.45, 7) is 1.89. The minimum atomic E-state index is -4.42. The molecule has 0 radical (unpaired) electrons. The standard InChI is InChI=1S/C19H19F3N4O3S2/c1-12-24-18(30-26(12)2)25-31(28,29)16-9-5-14(6-10-16)17(27)23-11-13-3-7-15(8-4-13)19(20,21)22/h3-10,12H,11H2,1-2H3,(H2-,23,24,25,27,28,29)/p+1. The lowest BCUT2D eigenvalue weighted by atomic mass is 10.1. The van der Waals surface area contributed by atoms with Crippen LogP contribution in [0.3, 0.4) is 0 Å². The lowest BCUT2D eigenvalue weighted by molar-refractivity contribution is -0.137. The first-order valence-corrected chi connectivity index (χ1v) is 11.3. The minimum absolute atomic E-state index is 0.0414. The molecule has 12 heteroatoms. The predicted octanol–water partition coefficient (Wildman–Crippen LogP) is 3.77. The van der Waals surface area contributed by atoms with Crippen LogP contribution in [0, 0.1) is 0 Å². The van der Waals surface area contributed by atoms with Crippen LogP contribution in [0.5, 0.6) is 0 Å². The average Bonchev–Trinajstić information content (AvgIpc) is 3.02. The Morgan fingerprint density at radius 1 is 1.19 bits per heavy atom. The van der Waals surface area contributed by atoms with Crippen molar-refractivity contribution < 1.29 is 26.7 Å². The fourth-order valence-electron chi connectivity index (χ4n) is 2.60. The van der Waals surface area contributed by atoms with Crippen molar-refractivity contribution in [1.82, 2.24) is 14.3 Å². The fourth-order valence-corrected chi connectivity index (χ4v) is 4.67. The summed E-state index contributed by atoms with van der Waals surface area (Å²) < 4.78 is 65.0. The largest absolute Gasteiger partial charge is 0.416 e. The molecular weight excluding hydrogens is 453 g/mol. The van der Waals surface area contributed by atoms with Crippen LogP contribution in [0.25, 0.3) is 0 Å². The highest BCUT2D eigenvalue weighted by molar-refractivity contribution is 8.13. The van der Waals surface area contributed by atoms with Crippen molar-refractivity contribution in [1.29, 1.82) is 0 Å². The molecule has 2 atom stereocenters. The van der Waals surface area contributed by atoms with E-state index in [2.05, 4.69) is 15.0 Å². The number of nitrogens with zero attached hydrogens (tertiary/aromatic N) is 2. The van der Waals surface area contributed by atoms with Gasteiger partial charge in [-0.05, 0) is 53.1 Å². The van der Waals surface area contributed by atoms with Gasteiger partial charge in [0, 0.05) is 31.1 Å². The number of amidine groups is 1. The van der Waals surface area contributed by atoms with Gasteiger partial charge in [0.15, 0.2) is 0 Å². The van der Waals surface area contributed by atoms with Crippen molar-refractivity contribution in [2.75, 3.05) is 7.05 Å². The molecule has 3 N–H and O–H groups in total. The number of carbonyl (C=O) groups is 1. The van der Waals surface area contributed by atoms with E-state index in [0.29, 0.717) is 10.7 Å². The smallest absolute Gasteiger partial charge is 0.348 e. The van der Waals surface area contributed by atoms with E-state index >= 15 is 0 Å². The van der Waals surface area contributed by atoms with Gasteiger partial charge in [0.1, 0.15) is 6.17 Å². The van der Waals surface area contributed by atoms with Crippen LogP contribution in [0.2, 0.25) is 0 Å². The molecule has 0 fully saturated rings. The Kier molecular flexibility index (Phi) is 6.74. The number of amides is 1. The lowest BCUT2D eigenvalue weighted by Crippen LogP contribution is -2.33. The summed E-state index contributed by atoms with van der Waals surface area (Å²) in [5.41, 5.74) is -0.0103. The summed E-state index contributed by atoms with van der Waals surface area (Å²) >= 11 is 1.22. The molecule has 0 saturated carbocycles. The van der Waals surface area contributed by atoms with E-state index in [0.717, 1.165) is 12.1 Å². The van der Waals surface area contributed by atoms with Crippen LogP contribution >= 0.6 is 11.9 Å². The van der Waals surface area contributed by atoms with Gasteiger partial charge in [-0.25, -0.2) is 9.30 Å². The highest BCUT2D eigenvalue weighted by atomic mass is 32.3. The molecule has 1 aliphatic rings. The zero-order valence-corrected chi connectivity index (χ0v) is 18.1. The van der Waals surface area contributed by atoms with Gasteiger partial charge in [-0.1, -0.05) is 12.1 Å².